The van der Waals surface area contributed by atoms with E-state index >= 15 is 0 Å². The Morgan fingerprint density at radius 3 is 2.00 bits per heavy atom. The Labute approximate surface area is 161 Å². The summed E-state index contributed by atoms with van der Waals surface area (Å²) in [5, 5.41) is 17.2. The number of hydrogen-bond donors (Lipinski definition) is 3. The molecule has 0 saturated heterocycles. The van der Waals surface area contributed by atoms with Crippen LogP contribution in [0.3, 0.4) is 0 Å². The third-order valence-electron chi connectivity index (χ3n) is 3.63. The van der Waals surface area contributed by atoms with Gasteiger partial charge in [0.15, 0.2) is 0 Å². The molecule has 1 aromatic heterocycles. The number of hydrogen-bond acceptors (Lipinski definition) is 6. The van der Waals surface area contributed by atoms with Gasteiger partial charge in [-0.1, -0.05) is 0 Å². The van der Waals surface area contributed by atoms with Crippen LogP contribution in [0.25, 0.3) is 0 Å². The Kier molecular flexibility index (Phi) is 5.58. The maximum atomic E-state index is 12.3. The third kappa shape index (κ3) is 4.89. The molecule has 3 rings (SSSR count). The number of rotatable bonds is 5. The molecule has 0 aliphatic carbocycles. The van der Waals surface area contributed by atoms with Crippen LogP contribution in [-0.4, -0.2) is 21.8 Å². The van der Waals surface area contributed by atoms with Crippen LogP contribution in [0.15, 0.2) is 60.9 Å². The summed E-state index contributed by atoms with van der Waals surface area (Å²) >= 11 is 0. The Balaban J connectivity index is 1.61. The summed E-state index contributed by atoms with van der Waals surface area (Å²) in [6, 6.07) is 15.7. The summed E-state index contributed by atoms with van der Waals surface area (Å²) in [5.74, 6) is -0.0904. The minimum Gasteiger partial charge on any atom is -0.339 e. The van der Waals surface area contributed by atoms with Crippen molar-refractivity contribution in [2.75, 3.05) is 16.0 Å². The van der Waals surface area contributed by atoms with Crippen molar-refractivity contribution in [3.8, 4) is 6.07 Å². The maximum Gasteiger partial charge on any atom is 0.275 e. The second-order valence-corrected chi connectivity index (χ2v) is 5.81. The highest BCUT2D eigenvalue weighted by Crippen LogP contribution is 2.16. The molecule has 1 heterocycles. The van der Waals surface area contributed by atoms with Gasteiger partial charge in [0.2, 0.25) is 5.91 Å². The quantitative estimate of drug-likeness (QED) is 0.632. The predicted octanol–water partition coefficient (Wildman–Crippen LogP) is 3.30. The molecule has 0 atom stereocenters. The van der Waals surface area contributed by atoms with Crippen molar-refractivity contribution in [1.82, 2.24) is 9.97 Å². The molecule has 2 amide bonds. The molecule has 8 nitrogen and oxygen atoms in total. The zero-order chi connectivity index (χ0) is 19.9. The maximum absolute atomic E-state index is 12.3. The highest BCUT2D eigenvalue weighted by molar-refractivity contribution is 6.02. The van der Waals surface area contributed by atoms with Gasteiger partial charge in [-0.2, -0.15) is 5.26 Å². The number of nitrogens with zero attached hydrogens (tertiary/aromatic N) is 3. The van der Waals surface area contributed by atoms with E-state index in [-0.39, 0.29) is 11.6 Å². The molecular formula is C20H16N6O2. The smallest absolute Gasteiger partial charge is 0.275 e. The van der Waals surface area contributed by atoms with Gasteiger partial charge in [0.25, 0.3) is 5.91 Å². The topological polar surface area (TPSA) is 120 Å². The van der Waals surface area contributed by atoms with Gasteiger partial charge in [-0.05, 0) is 48.5 Å². The second kappa shape index (κ2) is 8.42. The van der Waals surface area contributed by atoms with Crippen LogP contribution in [-0.2, 0) is 4.79 Å². The molecule has 0 fully saturated rings. The van der Waals surface area contributed by atoms with Gasteiger partial charge in [-0.25, -0.2) is 9.97 Å². The normalized spacial score (nSPS) is 9.86. The van der Waals surface area contributed by atoms with Crippen LogP contribution in [0.4, 0.5) is 22.9 Å². The van der Waals surface area contributed by atoms with Gasteiger partial charge in [0.1, 0.15) is 11.5 Å². The molecule has 0 aliphatic rings. The Morgan fingerprint density at radius 1 is 0.857 bits per heavy atom. The lowest BCUT2D eigenvalue weighted by molar-refractivity contribution is -0.114. The molecule has 3 aromatic rings. The van der Waals surface area contributed by atoms with Crippen molar-refractivity contribution < 1.29 is 9.59 Å². The molecule has 2 aromatic carbocycles. The minimum atomic E-state index is -0.398. The molecule has 3 N–H and O–H groups in total. The summed E-state index contributed by atoms with van der Waals surface area (Å²) < 4.78 is 0. The number of carbonyl (C=O) groups is 2. The van der Waals surface area contributed by atoms with Gasteiger partial charge in [-0.15, -0.1) is 0 Å². The van der Waals surface area contributed by atoms with E-state index in [2.05, 4.69) is 32.0 Å². The number of aromatic nitrogens is 2. The summed E-state index contributed by atoms with van der Waals surface area (Å²) in [7, 11) is 0. The van der Waals surface area contributed by atoms with E-state index in [4.69, 9.17) is 5.26 Å². The van der Waals surface area contributed by atoms with E-state index in [0.29, 0.717) is 22.8 Å². The molecule has 138 valence electrons. The average Bonchev–Trinajstić information content (AvgIpc) is 2.70. The first kappa shape index (κ1) is 18.5. The molecule has 0 bridgehead atoms. The van der Waals surface area contributed by atoms with E-state index < -0.39 is 5.91 Å². The third-order valence-corrected chi connectivity index (χ3v) is 3.63. The molecular weight excluding hydrogens is 356 g/mol. The first-order valence-electron chi connectivity index (χ1n) is 8.32. The van der Waals surface area contributed by atoms with Crippen molar-refractivity contribution in [1.29, 1.82) is 5.26 Å². The van der Waals surface area contributed by atoms with Crippen molar-refractivity contribution in [2.24, 2.45) is 0 Å². The molecule has 8 heteroatoms. The lowest BCUT2D eigenvalue weighted by atomic mass is 10.2. The molecule has 0 spiro atoms. The van der Waals surface area contributed by atoms with Crippen LogP contribution in [0.2, 0.25) is 0 Å². The van der Waals surface area contributed by atoms with E-state index in [9.17, 15) is 9.59 Å². The lowest BCUT2D eigenvalue weighted by Crippen LogP contribution is -2.14. The average molecular weight is 372 g/mol. The largest absolute Gasteiger partial charge is 0.339 e. The summed E-state index contributed by atoms with van der Waals surface area (Å²) in [5.41, 5.74) is 2.69. The van der Waals surface area contributed by atoms with Crippen molar-refractivity contribution in [2.45, 2.75) is 6.92 Å². The minimum absolute atomic E-state index is 0.163. The highest BCUT2D eigenvalue weighted by atomic mass is 16.2. The molecule has 0 radical (unpaired) electrons. The van der Waals surface area contributed by atoms with Crippen molar-refractivity contribution in [3.05, 3.63) is 72.2 Å². The predicted molar refractivity (Wildman–Crippen MR) is 105 cm³/mol. The van der Waals surface area contributed by atoms with Gasteiger partial charge >= 0.3 is 0 Å². The first-order chi connectivity index (χ1) is 13.5. The van der Waals surface area contributed by atoms with Gasteiger partial charge in [0, 0.05) is 24.0 Å². The molecule has 28 heavy (non-hydrogen) atoms. The number of benzene rings is 2. The Bertz CT molecular complexity index is 1020. The zero-order valence-electron chi connectivity index (χ0n) is 14.9. The summed E-state index contributed by atoms with van der Waals surface area (Å²) in [4.78, 5) is 31.6. The van der Waals surface area contributed by atoms with Crippen LogP contribution in [0, 0.1) is 11.3 Å². The first-order valence-corrected chi connectivity index (χ1v) is 8.32. The molecule has 0 unspecified atom stereocenters. The number of nitriles is 1. The number of nitrogens with one attached hydrogen (secondary N) is 3. The molecule has 0 aliphatic heterocycles. The second-order valence-electron chi connectivity index (χ2n) is 5.81. The van der Waals surface area contributed by atoms with Gasteiger partial charge in [-0.3, -0.25) is 9.59 Å². The fraction of sp³-hybridized carbons (Fsp3) is 0.0500. The van der Waals surface area contributed by atoms with Gasteiger partial charge < -0.3 is 16.0 Å². The van der Waals surface area contributed by atoms with Crippen LogP contribution < -0.4 is 16.0 Å². The van der Waals surface area contributed by atoms with Crippen molar-refractivity contribution in [3.63, 3.8) is 0 Å². The Hall–Kier alpha value is -4.25. The SMILES string of the molecule is CC(=O)Nc1ccc(NC(=O)c2cnc(Nc3ccc(C#N)cc3)cn2)cc1. The fourth-order valence-electron chi connectivity index (χ4n) is 2.32. The highest BCUT2D eigenvalue weighted by Gasteiger charge is 2.09. The van der Waals surface area contributed by atoms with E-state index in [1.807, 2.05) is 0 Å². The lowest BCUT2D eigenvalue weighted by Gasteiger charge is -2.08. The fourth-order valence-corrected chi connectivity index (χ4v) is 2.32. The molecule has 0 saturated carbocycles. The van der Waals surface area contributed by atoms with Crippen LogP contribution >= 0.6 is 0 Å². The zero-order valence-corrected chi connectivity index (χ0v) is 14.9. The van der Waals surface area contributed by atoms with E-state index in [1.54, 1.807) is 48.5 Å². The summed E-state index contributed by atoms with van der Waals surface area (Å²) in [6.07, 6.45) is 2.82. The van der Waals surface area contributed by atoms with Crippen LogP contribution in [0.5, 0.6) is 0 Å². The Morgan fingerprint density at radius 2 is 1.46 bits per heavy atom. The monoisotopic (exact) mass is 372 g/mol. The number of amides is 2. The van der Waals surface area contributed by atoms with Crippen LogP contribution in [0.1, 0.15) is 23.0 Å². The van der Waals surface area contributed by atoms with E-state index in [1.165, 1.54) is 19.3 Å². The van der Waals surface area contributed by atoms with Gasteiger partial charge in [0.05, 0.1) is 24.0 Å². The number of carbonyl (C=O) groups excluding carboxylic acids is 2. The van der Waals surface area contributed by atoms with E-state index in [0.717, 1.165) is 5.69 Å². The number of anilines is 4. The summed E-state index contributed by atoms with van der Waals surface area (Å²) in [6.45, 7) is 1.42. The standard InChI is InChI=1S/C20H16N6O2/c1-13(27)24-15-6-8-17(9-7-15)26-20(28)18-11-23-19(12-22-18)25-16-4-2-14(10-21)3-5-16/h2-9,11-12H,1H3,(H,23,25)(H,24,27)(H,26,28). The van der Waals surface area contributed by atoms with Crippen molar-refractivity contribution >= 4 is 34.7 Å².